The summed E-state index contributed by atoms with van der Waals surface area (Å²) in [4.78, 5) is 0. The minimum atomic E-state index is -0.461. The molecule has 20 heavy (non-hydrogen) atoms. The van der Waals surface area contributed by atoms with Crippen LogP contribution in [-0.4, -0.2) is 23.3 Å². The normalized spacial score (nSPS) is 10.9. The Kier molecular flexibility index (Phi) is 5.49. The van der Waals surface area contributed by atoms with E-state index in [2.05, 4.69) is 22.4 Å². The number of hydrogen-bond acceptors (Lipinski definition) is 4. The van der Waals surface area contributed by atoms with Gasteiger partial charge in [-0.3, -0.25) is 0 Å². The summed E-state index contributed by atoms with van der Waals surface area (Å²) in [7, 11) is 0. The lowest BCUT2D eigenvalue weighted by atomic mass is 10.2. The lowest BCUT2D eigenvalue weighted by Gasteiger charge is -2.00. The van der Waals surface area contributed by atoms with Crippen molar-refractivity contribution in [1.29, 1.82) is 0 Å². The van der Waals surface area contributed by atoms with Gasteiger partial charge in [-0.1, -0.05) is 18.5 Å². The van der Waals surface area contributed by atoms with Crippen LogP contribution in [0, 0.1) is 5.82 Å². The molecule has 2 rings (SSSR count). The number of aryl methyl sites for hydroxylation is 1. The van der Waals surface area contributed by atoms with Crippen molar-refractivity contribution in [3.05, 3.63) is 34.9 Å². The van der Waals surface area contributed by atoms with Crippen LogP contribution in [0.2, 0.25) is 5.02 Å². The second kappa shape index (κ2) is 7.36. The van der Waals surface area contributed by atoms with Crippen molar-refractivity contribution in [2.24, 2.45) is 0 Å². The van der Waals surface area contributed by atoms with Crippen LogP contribution in [-0.2, 0) is 6.42 Å². The molecule has 0 saturated heterocycles. The first-order valence-electron chi connectivity index (χ1n) is 6.69. The highest BCUT2D eigenvalue weighted by Gasteiger charge is 2.13. The molecular weight excluding hydrogens is 281 g/mol. The molecule has 4 nitrogen and oxygen atoms in total. The van der Waals surface area contributed by atoms with Gasteiger partial charge in [-0.25, -0.2) is 4.39 Å². The molecule has 0 spiro atoms. The minimum Gasteiger partial charge on any atom is -0.421 e. The van der Waals surface area contributed by atoms with Crippen LogP contribution in [0.5, 0.6) is 0 Å². The smallest absolute Gasteiger partial charge is 0.250 e. The van der Waals surface area contributed by atoms with Gasteiger partial charge in [0, 0.05) is 11.4 Å². The average Bonchev–Trinajstić information content (AvgIpc) is 2.87. The summed E-state index contributed by atoms with van der Waals surface area (Å²) in [5, 5.41) is 11.4. The molecule has 0 aliphatic heterocycles. The van der Waals surface area contributed by atoms with Crippen LogP contribution >= 0.6 is 11.6 Å². The van der Waals surface area contributed by atoms with E-state index in [4.69, 9.17) is 16.0 Å². The standard InChI is InChI=1S/C14H17ClFN3O/c1-2-7-17-8-3-4-13-18-19-14(20-13)11-6-5-10(15)9-12(11)16/h5-6,9,17H,2-4,7-8H2,1H3. The van der Waals surface area contributed by atoms with Crippen LogP contribution < -0.4 is 5.32 Å². The Morgan fingerprint density at radius 2 is 2.15 bits per heavy atom. The van der Waals surface area contributed by atoms with E-state index in [0.29, 0.717) is 17.3 Å². The van der Waals surface area contributed by atoms with E-state index < -0.39 is 5.82 Å². The van der Waals surface area contributed by atoms with Crippen molar-refractivity contribution in [2.45, 2.75) is 26.2 Å². The Hall–Kier alpha value is -1.46. The summed E-state index contributed by atoms with van der Waals surface area (Å²) >= 11 is 5.71. The first-order chi connectivity index (χ1) is 9.70. The quantitative estimate of drug-likeness (QED) is 0.795. The fourth-order valence-corrected chi connectivity index (χ4v) is 1.95. The van der Waals surface area contributed by atoms with Gasteiger partial charge in [0.2, 0.25) is 5.89 Å². The average molecular weight is 298 g/mol. The summed E-state index contributed by atoms with van der Waals surface area (Å²) in [5.41, 5.74) is 0.275. The van der Waals surface area contributed by atoms with Gasteiger partial charge in [-0.15, -0.1) is 10.2 Å². The van der Waals surface area contributed by atoms with Crippen molar-refractivity contribution in [3.8, 4) is 11.5 Å². The third kappa shape index (κ3) is 4.02. The highest BCUT2D eigenvalue weighted by atomic mass is 35.5. The predicted molar refractivity (Wildman–Crippen MR) is 76.2 cm³/mol. The Balaban J connectivity index is 1.95. The highest BCUT2D eigenvalue weighted by molar-refractivity contribution is 6.30. The van der Waals surface area contributed by atoms with Crippen molar-refractivity contribution < 1.29 is 8.81 Å². The summed E-state index contributed by atoms with van der Waals surface area (Å²) in [6.45, 7) is 4.03. The second-order valence-corrected chi connectivity index (χ2v) is 4.92. The Morgan fingerprint density at radius 3 is 2.90 bits per heavy atom. The molecule has 0 unspecified atom stereocenters. The van der Waals surface area contributed by atoms with Gasteiger partial charge in [0.15, 0.2) is 0 Å². The zero-order valence-corrected chi connectivity index (χ0v) is 12.1. The Labute approximate surface area is 122 Å². The minimum absolute atomic E-state index is 0.190. The summed E-state index contributed by atoms with van der Waals surface area (Å²) in [6.07, 6.45) is 2.70. The van der Waals surface area contributed by atoms with E-state index in [1.54, 1.807) is 6.07 Å². The molecule has 6 heteroatoms. The summed E-state index contributed by atoms with van der Waals surface area (Å²) < 4.78 is 19.2. The number of benzene rings is 1. The van der Waals surface area contributed by atoms with E-state index >= 15 is 0 Å². The first-order valence-corrected chi connectivity index (χ1v) is 7.07. The molecular formula is C14H17ClFN3O. The van der Waals surface area contributed by atoms with Crippen molar-refractivity contribution in [1.82, 2.24) is 15.5 Å². The van der Waals surface area contributed by atoms with Crippen LogP contribution in [0.1, 0.15) is 25.7 Å². The molecule has 1 N–H and O–H groups in total. The van der Waals surface area contributed by atoms with Crippen LogP contribution in [0.4, 0.5) is 4.39 Å². The zero-order valence-electron chi connectivity index (χ0n) is 11.3. The number of hydrogen-bond donors (Lipinski definition) is 1. The molecule has 0 aliphatic rings. The first kappa shape index (κ1) is 14.9. The van der Waals surface area contributed by atoms with E-state index in [1.165, 1.54) is 12.1 Å². The largest absolute Gasteiger partial charge is 0.421 e. The van der Waals surface area contributed by atoms with Crippen molar-refractivity contribution in [3.63, 3.8) is 0 Å². The number of halogens is 2. The fraction of sp³-hybridized carbons (Fsp3) is 0.429. The third-order valence-corrected chi connectivity index (χ3v) is 3.03. The van der Waals surface area contributed by atoms with Gasteiger partial charge in [-0.05, 0) is 44.1 Å². The van der Waals surface area contributed by atoms with Gasteiger partial charge in [0.1, 0.15) is 5.82 Å². The fourth-order valence-electron chi connectivity index (χ4n) is 1.79. The SMILES string of the molecule is CCCNCCCc1nnc(-c2ccc(Cl)cc2F)o1. The molecule has 1 aromatic carbocycles. The van der Waals surface area contributed by atoms with Crippen LogP contribution in [0.15, 0.2) is 22.6 Å². The van der Waals surface area contributed by atoms with Gasteiger partial charge in [0.05, 0.1) is 5.56 Å². The number of aromatic nitrogens is 2. The third-order valence-electron chi connectivity index (χ3n) is 2.80. The molecule has 0 aliphatic carbocycles. The maximum absolute atomic E-state index is 13.7. The van der Waals surface area contributed by atoms with E-state index in [-0.39, 0.29) is 11.5 Å². The number of nitrogens with one attached hydrogen (secondary N) is 1. The Morgan fingerprint density at radius 1 is 1.30 bits per heavy atom. The number of nitrogens with zero attached hydrogens (tertiary/aromatic N) is 2. The molecule has 1 heterocycles. The monoisotopic (exact) mass is 297 g/mol. The molecule has 0 bridgehead atoms. The molecule has 0 amide bonds. The van der Waals surface area contributed by atoms with Crippen molar-refractivity contribution in [2.75, 3.05) is 13.1 Å². The molecule has 0 radical (unpaired) electrons. The van der Waals surface area contributed by atoms with Gasteiger partial charge >= 0.3 is 0 Å². The van der Waals surface area contributed by atoms with E-state index in [9.17, 15) is 4.39 Å². The maximum Gasteiger partial charge on any atom is 0.250 e. The zero-order chi connectivity index (χ0) is 14.4. The second-order valence-electron chi connectivity index (χ2n) is 4.48. The molecule has 0 atom stereocenters. The van der Waals surface area contributed by atoms with Crippen molar-refractivity contribution >= 4 is 11.6 Å². The van der Waals surface area contributed by atoms with E-state index in [1.807, 2.05) is 0 Å². The molecule has 108 valence electrons. The highest BCUT2D eigenvalue weighted by Crippen LogP contribution is 2.24. The molecule has 2 aromatic rings. The van der Waals surface area contributed by atoms with Gasteiger partial charge in [-0.2, -0.15) is 0 Å². The Bertz CT molecular complexity index is 559. The lowest BCUT2D eigenvalue weighted by Crippen LogP contribution is -2.16. The topological polar surface area (TPSA) is 51.0 Å². The molecule has 1 aromatic heterocycles. The van der Waals surface area contributed by atoms with Crippen LogP contribution in [0.3, 0.4) is 0 Å². The molecule has 0 fully saturated rings. The van der Waals surface area contributed by atoms with E-state index in [0.717, 1.165) is 25.9 Å². The van der Waals surface area contributed by atoms with Gasteiger partial charge in [0.25, 0.3) is 5.89 Å². The summed E-state index contributed by atoms with van der Waals surface area (Å²) in [5.74, 6) is 0.251. The number of rotatable bonds is 7. The van der Waals surface area contributed by atoms with Gasteiger partial charge < -0.3 is 9.73 Å². The lowest BCUT2D eigenvalue weighted by molar-refractivity contribution is 0.488. The van der Waals surface area contributed by atoms with Crippen LogP contribution in [0.25, 0.3) is 11.5 Å². The predicted octanol–water partition coefficient (Wildman–Crippen LogP) is 3.46. The summed E-state index contributed by atoms with van der Waals surface area (Å²) in [6, 6.07) is 4.37. The molecule has 0 saturated carbocycles. The maximum atomic E-state index is 13.7.